The van der Waals surface area contributed by atoms with Crippen LogP contribution in [0.2, 0.25) is 0 Å². The second kappa shape index (κ2) is 5.68. The van der Waals surface area contributed by atoms with Crippen LogP contribution < -0.4 is 5.32 Å². The zero-order chi connectivity index (χ0) is 14.6. The lowest BCUT2D eigenvalue weighted by molar-refractivity contribution is -0.141. The van der Waals surface area contributed by atoms with Crippen LogP contribution >= 0.6 is 0 Å². The fourth-order valence-electron chi connectivity index (χ4n) is 1.59. The first-order valence-electron chi connectivity index (χ1n) is 5.04. The van der Waals surface area contributed by atoms with Crippen LogP contribution in [0.25, 0.3) is 0 Å². The SMILES string of the molecule is O=CNC(CC(=O)O)c1ccc(F)cc1C(F)(F)F. The van der Waals surface area contributed by atoms with E-state index in [1.165, 1.54) is 0 Å². The van der Waals surface area contributed by atoms with E-state index in [0.29, 0.717) is 0 Å². The highest BCUT2D eigenvalue weighted by Gasteiger charge is 2.36. The van der Waals surface area contributed by atoms with Crippen molar-refractivity contribution in [3.63, 3.8) is 0 Å². The molecule has 0 saturated heterocycles. The standard InChI is InChI=1S/C11H9F4NO3/c12-6-1-2-7(8(3-6)11(13,14)15)9(16-5-17)4-10(18)19/h1-3,5,9H,4H2,(H,16,17)(H,18,19). The van der Waals surface area contributed by atoms with Gasteiger partial charge < -0.3 is 10.4 Å². The van der Waals surface area contributed by atoms with Crippen LogP contribution in [0.5, 0.6) is 0 Å². The van der Waals surface area contributed by atoms with Crippen LogP contribution in [-0.4, -0.2) is 17.5 Å². The van der Waals surface area contributed by atoms with Crippen LogP contribution in [0, 0.1) is 5.82 Å². The molecule has 0 saturated carbocycles. The van der Waals surface area contributed by atoms with Gasteiger partial charge in [-0.3, -0.25) is 9.59 Å². The number of amides is 1. The molecule has 0 heterocycles. The fraction of sp³-hybridized carbons (Fsp3) is 0.273. The number of carboxylic acid groups (broad SMARTS) is 1. The van der Waals surface area contributed by atoms with E-state index in [1.807, 2.05) is 5.32 Å². The Balaban J connectivity index is 3.29. The zero-order valence-corrected chi connectivity index (χ0v) is 9.37. The van der Waals surface area contributed by atoms with E-state index < -0.39 is 41.6 Å². The third-order valence-corrected chi connectivity index (χ3v) is 2.34. The summed E-state index contributed by atoms with van der Waals surface area (Å²) in [4.78, 5) is 20.9. The van der Waals surface area contributed by atoms with E-state index in [1.54, 1.807) is 0 Å². The summed E-state index contributed by atoms with van der Waals surface area (Å²) in [6.07, 6.45) is -5.50. The monoisotopic (exact) mass is 279 g/mol. The molecule has 19 heavy (non-hydrogen) atoms. The van der Waals surface area contributed by atoms with Gasteiger partial charge in [-0.15, -0.1) is 0 Å². The number of halogens is 4. The topological polar surface area (TPSA) is 66.4 Å². The molecule has 1 unspecified atom stereocenters. The number of benzene rings is 1. The minimum absolute atomic E-state index is 0.0944. The number of hydrogen-bond donors (Lipinski definition) is 2. The van der Waals surface area contributed by atoms with Crippen LogP contribution in [0.4, 0.5) is 17.6 Å². The highest BCUT2D eigenvalue weighted by atomic mass is 19.4. The van der Waals surface area contributed by atoms with E-state index in [4.69, 9.17) is 5.11 Å². The molecular weight excluding hydrogens is 270 g/mol. The molecule has 0 spiro atoms. The molecule has 0 aliphatic heterocycles. The smallest absolute Gasteiger partial charge is 0.416 e. The number of hydrogen-bond acceptors (Lipinski definition) is 2. The number of aliphatic carboxylic acids is 1. The summed E-state index contributed by atoms with van der Waals surface area (Å²) in [5.74, 6) is -2.49. The Bertz CT molecular complexity index is 487. The molecule has 4 nitrogen and oxygen atoms in total. The maximum atomic E-state index is 12.9. The maximum absolute atomic E-state index is 12.9. The summed E-state index contributed by atoms with van der Waals surface area (Å²) in [6.45, 7) is 0. The van der Waals surface area contributed by atoms with Gasteiger partial charge in [-0.25, -0.2) is 4.39 Å². The average Bonchev–Trinajstić information content (AvgIpc) is 2.26. The summed E-state index contributed by atoms with van der Waals surface area (Å²) in [5, 5.41) is 10.6. The quantitative estimate of drug-likeness (QED) is 0.640. The van der Waals surface area contributed by atoms with E-state index >= 15 is 0 Å². The first-order valence-corrected chi connectivity index (χ1v) is 5.04. The van der Waals surface area contributed by atoms with Gasteiger partial charge in [-0.05, 0) is 17.7 Å². The molecule has 1 rings (SSSR count). The third-order valence-electron chi connectivity index (χ3n) is 2.34. The predicted molar refractivity (Wildman–Crippen MR) is 55.6 cm³/mol. The Hall–Kier alpha value is -2.12. The van der Waals surface area contributed by atoms with Crippen molar-refractivity contribution in [2.24, 2.45) is 0 Å². The number of carboxylic acids is 1. The highest BCUT2D eigenvalue weighted by molar-refractivity contribution is 5.69. The van der Waals surface area contributed by atoms with Crippen molar-refractivity contribution in [3.8, 4) is 0 Å². The molecule has 0 aliphatic carbocycles. The third kappa shape index (κ3) is 3.94. The second-order valence-corrected chi connectivity index (χ2v) is 3.66. The van der Waals surface area contributed by atoms with Crippen molar-refractivity contribution in [1.82, 2.24) is 5.32 Å². The first-order chi connectivity index (χ1) is 8.75. The molecule has 0 aliphatic rings. The number of rotatable bonds is 5. The van der Waals surface area contributed by atoms with Gasteiger partial charge >= 0.3 is 12.1 Å². The van der Waals surface area contributed by atoms with Crippen LogP contribution in [0.3, 0.4) is 0 Å². The Morgan fingerprint density at radius 3 is 2.53 bits per heavy atom. The minimum atomic E-state index is -4.85. The number of nitrogens with one attached hydrogen (secondary N) is 1. The normalized spacial score (nSPS) is 12.8. The minimum Gasteiger partial charge on any atom is -0.481 e. The van der Waals surface area contributed by atoms with E-state index in [2.05, 4.69) is 0 Å². The molecular formula is C11H9F4NO3. The lowest BCUT2D eigenvalue weighted by Gasteiger charge is -2.19. The van der Waals surface area contributed by atoms with Gasteiger partial charge in [0.15, 0.2) is 0 Å². The lowest BCUT2D eigenvalue weighted by atomic mass is 9.97. The fourth-order valence-corrected chi connectivity index (χ4v) is 1.59. The summed E-state index contributed by atoms with van der Waals surface area (Å²) in [7, 11) is 0. The molecule has 1 amide bonds. The Morgan fingerprint density at radius 1 is 1.42 bits per heavy atom. The van der Waals surface area contributed by atoms with Crippen LogP contribution in [-0.2, 0) is 15.8 Å². The summed E-state index contributed by atoms with van der Waals surface area (Å²) in [5.41, 5.74) is -1.81. The van der Waals surface area contributed by atoms with Gasteiger partial charge in [0.1, 0.15) is 5.82 Å². The van der Waals surface area contributed by atoms with Crippen molar-refractivity contribution in [2.45, 2.75) is 18.6 Å². The molecule has 2 N–H and O–H groups in total. The van der Waals surface area contributed by atoms with Crippen molar-refractivity contribution in [3.05, 3.63) is 35.1 Å². The highest BCUT2D eigenvalue weighted by Crippen LogP contribution is 2.35. The summed E-state index contributed by atoms with van der Waals surface area (Å²) < 4.78 is 51.1. The van der Waals surface area contributed by atoms with Crippen molar-refractivity contribution in [1.29, 1.82) is 0 Å². The van der Waals surface area contributed by atoms with Crippen molar-refractivity contribution >= 4 is 12.4 Å². The van der Waals surface area contributed by atoms with Gasteiger partial charge in [0.25, 0.3) is 0 Å². The van der Waals surface area contributed by atoms with E-state index in [9.17, 15) is 27.2 Å². The predicted octanol–water partition coefficient (Wildman–Crippen LogP) is 2.11. The molecule has 1 aromatic rings. The maximum Gasteiger partial charge on any atom is 0.416 e. The second-order valence-electron chi connectivity index (χ2n) is 3.66. The molecule has 0 bridgehead atoms. The molecule has 1 atom stereocenters. The van der Waals surface area contributed by atoms with Gasteiger partial charge in [-0.2, -0.15) is 13.2 Å². The van der Waals surface area contributed by atoms with Gasteiger partial charge in [0.05, 0.1) is 18.0 Å². The molecule has 1 aromatic carbocycles. The largest absolute Gasteiger partial charge is 0.481 e. The summed E-state index contributed by atoms with van der Waals surface area (Å²) in [6, 6.07) is 0.456. The Labute approximate surface area is 105 Å². The average molecular weight is 279 g/mol. The number of alkyl halides is 3. The Morgan fingerprint density at radius 2 is 2.05 bits per heavy atom. The van der Waals surface area contributed by atoms with E-state index in [-0.39, 0.29) is 12.5 Å². The molecule has 0 fully saturated rings. The molecule has 8 heteroatoms. The van der Waals surface area contributed by atoms with Gasteiger partial charge in [-0.1, -0.05) is 6.07 Å². The molecule has 0 radical (unpaired) electrons. The van der Waals surface area contributed by atoms with Crippen molar-refractivity contribution < 1.29 is 32.3 Å². The first kappa shape index (κ1) is 14.9. The number of carbonyl (C=O) groups is 2. The molecule has 104 valence electrons. The summed E-state index contributed by atoms with van der Waals surface area (Å²) >= 11 is 0. The molecule has 0 aromatic heterocycles. The van der Waals surface area contributed by atoms with Gasteiger partial charge in [0.2, 0.25) is 6.41 Å². The van der Waals surface area contributed by atoms with E-state index in [0.717, 1.165) is 12.1 Å². The van der Waals surface area contributed by atoms with Gasteiger partial charge in [0, 0.05) is 0 Å². The lowest BCUT2D eigenvalue weighted by Crippen LogP contribution is -2.25. The van der Waals surface area contributed by atoms with Crippen LogP contribution in [0.1, 0.15) is 23.6 Å². The number of carbonyl (C=O) groups excluding carboxylic acids is 1. The Kier molecular flexibility index (Phi) is 4.47. The van der Waals surface area contributed by atoms with Crippen LogP contribution in [0.15, 0.2) is 18.2 Å². The van der Waals surface area contributed by atoms with Crippen molar-refractivity contribution in [2.75, 3.05) is 0 Å². The zero-order valence-electron chi connectivity index (χ0n) is 9.37.